The minimum atomic E-state index is -0.205. The number of carbonyl (C=O) groups excluding carboxylic acids is 1. The van der Waals surface area contributed by atoms with E-state index in [2.05, 4.69) is 15.3 Å². The van der Waals surface area contributed by atoms with Gasteiger partial charge in [-0.25, -0.2) is 10.0 Å². The van der Waals surface area contributed by atoms with E-state index in [1.807, 2.05) is 0 Å². The standard InChI is InChI=1S/C11H16N4O2/c16-11(15-3-1-2-4-17-15)9-5-8-10(6-12-9)14-7-13-8/h7,9,12H,1-6H2,(H,13,14). The zero-order valence-corrected chi connectivity index (χ0v) is 9.61. The maximum atomic E-state index is 12.2. The molecule has 6 heteroatoms. The van der Waals surface area contributed by atoms with Gasteiger partial charge in [-0.05, 0) is 12.8 Å². The Bertz CT molecular complexity index is 411. The Morgan fingerprint density at radius 3 is 3.29 bits per heavy atom. The summed E-state index contributed by atoms with van der Waals surface area (Å²) in [5.41, 5.74) is 2.06. The van der Waals surface area contributed by atoms with Crippen LogP contribution in [0.3, 0.4) is 0 Å². The lowest BCUT2D eigenvalue weighted by Gasteiger charge is -2.31. The molecule has 2 aliphatic rings. The highest BCUT2D eigenvalue weighted by Gasteiger charge is 2.30. The maximum absolute atomic E-state index is 12.2. The van der Waals surface area contributed by atoms with Gasteiger partial charge < -0.3 is 4.98 Å². The lowest BCUT2D eigenvalue weighted by molar-refractivity contribution is -0.199. The largest absolute Gasteiger partial charge is 0.347 e. The minimum absolute atomic E-state index is 0.0263. The molecule has 0 aliphatic carbocycles. The first-order valence-electron chi connectivity index (χ1n) is 6.03. The van der Waals surface area contributed by atoms with Gasteiger partial charge in [-0.2, -0.15) is 0 Å². The molecule has 0 radical (unpaired) electrons. The molecule has 2 N–H and O–H groups in total. The van der Waals surface area contributed by atoms with E-state index in [0.717, 1.165) is 24.2 Å². The van der Waals surface area contributed by atoms with E-state index in [4.69, 9.17) is 4.84 Å². The second-order valence-corrected chi connectivity index (χ2v) is 4.45. The first-order valence-corrected chi connectivity index (χ1v) is 6.03. The van der Waals surface area contributed by atoms with Gasteiger partial charge in [0.2, 0.25) is 0 Å². The molecule has 2 aliphatic heterocycles. The number of nitrogens with zero attached hydrogens (tertiary/aromatic N) is 2. The Morgan fingerprint density at radius 2 is 2.47 bits per heavy atom. The third kappa shape index (κ3) is 2.05. The molecule has 0 bridgehead atoms. The third-order valence-corrected chi connectivity index (χ3v) is 3.28. The molecule has 0 aromatic carbocycles. The minimum Gasteiger partial charge on any atom is -0.347 e. The van der Waals surface area contributed by atoms with Gasteiger partial charge in [-0.1, -0.05) is 0 Å². The van der Waals surface area contributed by atoms with Crippen LogP contribution in [0.15, 0.2) is 6.33 Å². The van der Waals surface area contributed by atoms with E-state index in [0.29, 0.717) is 26.1 Å². The number of nitrogens with one attached hydrogen (secondary N) is 2. The number of imidazole rings is 1. The molecular formula is C11H16N4O2. The van der Waals surface area contributed by atoms with Crippen molar-refractivity contribution >= 4 is 5.91 Å². The Morgan fingerprint density at radius 1 is 1.53 bits per heavy atom. The molecule has 3 rings (SSSR count). The first-order chi connectivity index (χ1) is 8.34. The Kier molecular flexibility index (Phi) is 2.82. The molecule has 1 aromatic heterocycles. The molecule has 17 heavy (non-hydrogen) atoms. The molecule has 1 saturated heterocycles. The Labute approximate surface area is 99.3 Å². The predicted molar refractivity (Wildman–Crippen MR) is 59.8 cm³/mol. The highest BCUT2D eigenvalue weighted by Crippen LogP contribution is 2.15. The van der Waals surface area contributed by atoms with Crippen LogP contribution >= 0.6 is 0 Å². The third-order valence-electron chi connectivity index (χ3n) is 3.28. The topological polar surface area (TPSA) is 70.2 Å². The van der Waals surface area contributed by atoms with Crippen LogP contribution in [0.1, 0.15) is 24.2 Å². The summed E-state index contributed by atoms with van der Waals surface area (Å²) in [5.74, 6) is 0.0263. The van der Waals surface area contributed by atoms with Crippen LogP contribution in [0.25, 0.3) is 0 Å². The van der Waals surface area contributed by atoms with Crippen LogP contribution in [0, 0.1) is 0 Å². The summed E-state index contributed by atoms with van der Waals surface area (Å²) in [6.45, 7) is 2.01. The van der Waals surface area contributed by atoms with Crippen LogP contribution in [0.2, 0.25) is 0 Å². The highest BCUT2D eigenvalue weighted by atomic mass is 16.7. The smallest absolute Gasteiger partial charge is 0.263 e. The molecule has 0 saturated carbocycles. The number of carbonyl (C=O) groups is 1. The van der Waals surface area contributed by atoms with Gasteiger partial charge in [0.1, 0.15) is 0 Å². The van der Waals surface area contributed by atoms with Gasteiger partial charge in [0.15, 0.2) is 0 Å². The molecule has 1 aromatic rings. The number of hydroxylamine groups is 2. The van der Waals surface area contributed by atoms with Crippen molar-refractivity contribution in [3.8, 4) is 0 Å². The summed E-state index contributed by atoms with van der Waals surface area (Å²) in [5, 5.41) is 4.71. The van der Waals surface area contributed by atoms with E-state index in [-0.39, 0.29) is 11.9 Å². The van der Waals surface area contributed by atoms with Crippen molar-refractivity contribution in [2.45, 2.75) is 31.8 Å². The SMILES string of the molecule is O=C(C1Cc2nc[nH]c2CN1)N1CCCCO1. The second kappa shape index (κ2) is 4.46. The fraction of sp³-hybridized carbons (Fsp3) is 0.636. The molecule has 92 valence electrons. The van der Waals surface area contributed by atoms with Crippen molar-refractivity contribution < 1.29 is 9.63 Å². The van der Waals surface area contributed by atoms with E-state index in [1.54, 1.807) is 6.33 Å². The molecule has 1 fully saturated rings. The van der Waals surface area contributed by atoms with Crippen molar-refractivity contribution in [2.24, 2.45) is 0 Å². The fourth-order valence-electron chi connectivity index (χ4n) is 2.29. The van der Waals surface area contributed by atoms with Gasteiger partial charge in [0, 0.05) is 19.5 Å². The maximum Gasteiger partial charge on any atom is 0.263 e. The monoisotopic (exact) mass is 236 g/mol. The zero-order valence-electron chi connectivity index (χ0n) is 9.61. The molecule has 1 amide bonds. The number of H-pyrrole nitrogens is 1. The summed E-state index contributed by atoms with van der Waals surface area (Å²) in [6.07, 6.45) is 4.37. The molecule has 1 unspecified atom stereocenters. The quantitative estimate of drug-likeness (QED) is 0.719. The van der Waals surface area contributed by atoms with Crippen molar-refractivity contribution in [2.75, 3.05) is 13.2 Å². The molecular weight excluding hydrogens is 220 g/mol. The fourth-order valence-corrected chi connectivity index (χ4v) is 2.29. The van der Waals surface area contributed by atoms with Crippen LogP contribution in [-0.4, -0.2) is 40.1 Å². The highest BCUT2D eigenvalue weighted by molar-refractivity contribution is 5.81. The molecule has 3 heterocycles. The average Bonchev–Trinajstić information content (AvgIpc) is 2.86. The second-order valence-electron chi connectivity index (χ2n) is 4.45. The number of amides is 1. The molecule has 6 nitrogen and oxygen atoms in total. The number of hydrogen-bond acceptors (Lipinski definition) is 4. The van der Waals surface area contributed by atoms with Gasteiger partial charge in [0.05, 0.1) is 30.4 Å². The molecule has 1 atom stereocenters. The van der Waals surface area contributed by atoms with Gasteiger partial charge in [-0.3, -0.25) is 14.9 Å². The summed E-state index contributed by atoms with van der Waals surface area (Å²) in [6, 6.07) is -0.205. The number of rotatable bonds is 1. The van der Waals surface area contributed by atoms with Gasteiger partial charge in [0.25, 0.3) is 5.91 Å². The van der Waals surface area contributed by atoms with Crippen molar-refractivity contribution in [1.29, 1.82) is 0 Å². The predicted octanol–water partition coefficient (Wildman–Crippen LogP) is -0.0220. The first kappa shape index (κ1) is 10.7. The van der Waals surface area contributed by atoms with E-state index < -0.39 is 0 Å². The van der Waals surface area contributed by atoms with Crippen LogP contribution in [0.4, 0.5) is 0 Å². The van der Waals surface area contributed by atoms with Crippen molar-refractivity contribution in [1.82, 2.24) is 20.3 Å². The number of hydrogen-bond donors (Lipinski definition) is 2. The lowest BCUT2D eigenvalue weighted by atomic mass is 10.0. The van der Waals surface area contributed by atoms with E-state index in [1.165, 1.54) is 5.06 Å². The number of fused-ring (bicyclic) bond motifs is 1. The van der Waals surface area contributed by atoms with Crippen LogP contribution in [-0.2, 0) is 22.6 Å². The van der Waals surface area contributed by atoms with Crippen molar-refractivity contribution in [3.05, 3.63) is 17.7 Å². The summed E-state index contributed by atoms with van der Waals surface area (Å²) < 4.78 is 0. The van der Waals surface area contributed by atoms with E-state index in [9.17, 15) is 4.79 Å². The summed E-state index contributed by atoms with van der Waals surface area (Å²) in [7, 11) is 0. The lowest BCUT2D eigenvalue weighted by Crippen LogP contribution is -2.50. The Hall–Kier alpha value is -1.40. The molecule has 0 spiro atoms. The zero-order chi connectivity index (χ0) is 11.7. The van der Waals surface area contributed by atoms with Crippen molar-refractivity contribution in [3.63, 3.8) is 0 Å². The Balaban J connectivity index is 1.67. The number of aromatic nitrogens is 2. The summed E-state index contributed by atoms with van der Waals surface area (Å²) in [4.78, 5) is 24.9. The van der Waals surface area contributed by atoms with E-state index >= 15 is 0 Å². The van der Waals surface area contributed by atoms with Gasteiger partial charge in [-0.15, -0.1) is 0 Å². The van der Waals surface area contributed by atoms with Crippen LogP contribution < -0.4 is 5.32 Å². The van der Waals surface area contributed by atoms with Crippen LogP contribution in [0.5, 0.6) is 0 Å². The average molecular weight is 236 g/mol. The summed E-state index contributed by atoms with van der Waals surface area (Å²) >= 11 is 0. The van der Waals surface area contributed by atoms with Gasteiger partial charge >= 0.3 is 0 Å². The normalized spacial score (nSPS) is 24.5. The number of aromatic amines is 1.